The van der Waals surface area contributed by atoms with Gasteiger partial charge in [0.25, 0.3) is 0 Å². The lowest BCUT2D eigenvalue weighted by atomic mass is 10.2. The topological polar surface area (TPSA) is 80.5 Å². The Morgan fingerprint density at radius 1 is 1.33 bits per heavy atom. The van der Waals surface area contributed by atoms with E-state index in [0.717, 1.165) is 19.3 Å². The van der Waals surface area contributed by atoms with E-state index >= 15 is 0 Å². The van der Waals surface area contributed by atoms with Gasteiger partial charge in [-0.15, -0.1) is 0 Å². The van der Waals surface area contributed by atoms with Gasteiger partial charge in [-0.3, -0.25) is 4.79 Å². The molecule has 5 nitrogen and oxygen atoms in total. The maximum absolute atomic E-state index is 11.9. The number of hydrogen-bond donors (Lipinski definition) is 1. The molecular formula is C9H16N2O3S. The van der Waals surface area contributed by atoms with Crippen LogP contribution < -0.4 is 5.73 Å². The summed E-state index contributed by atoms with van der Waals surface area (Å²) in [5.41, 5.74) is 5.19. The fraction of sp³-hybridized carbons (Fsp3) is 0.889. The van der Waals surface area contributed by atoms with E-state index in [2.05, 4.69) is 0 Å². The predicted octanol–water partition coefficient (Wildman–Crippen LogP) is -0.324. The maximum Gasteiger partial charge on any atom is 0.235 e. The van der Waals surface area contributed by atoms with Crippen LogP contribution in [0.15, 0.2) is 0 Å². The molecule has 1 saturated heterocycles. The number of nitrogens with two attached hydrogens (primary N) is 1. The van der Waals surface area contributed by atoms with Gasteiger partial charge >= 0.3 is 0 Å². The van der Waals surface area contributed by atoms with Gasteiger partial charge in [-0.05, 0) is 31.6 Å². The molecule has 1 aliphatic carbocycles. The highest BCUT2D eigenvalue weighted by molar-refractivity contribution is 7.89. The number of amides is 1. The van der Waals surface area contributed by atoms with Gasteiger partial charge < -0.3 is 5.73 Å². The first kappa shape index (κ1) is 10.9. The van der Waals surface area contributed by atoms with Crippen molar-refractivity contribution in [3.05, 3.63) is 0 Å². The third-order valence-electron chi connectivity index (χ3n) is 3.03. The smallest absolute Gasteiger partial charge is 0.235 e. The molecule has 0 spiro atoms. The van der Waals surface area contributed by atoms with Crippen LogP contribution in [0.5, 0.6) is 0 Å². The molecule has 0 bridgehead atoms. The van der Waals surface area contributed by atoms with Crippen molar-refractivity contribution >= 4 is 15.9 Å². The molecule has 2 N–H and O–H groups in total. The average molecular weight is 232 g/mol. The summed E-state index contributed by atoms with van der Waals surface area (Å²) >= 11 is 0. The van der Waals surface area contributed by atoms with Crippen LogP contribution in [0.25, 0.3) is 0 Å². The van der Waals surface area contributed by atoms with Crippen molar-refractivity contribution in [1.29, 1.82) is 0 Å². The van der Waals surface area contributed by atoms with Gasteiger partial charge in [0.05, 0.1) is 5.75 Å². The second-order valence-electron chi connectivity index (χ2n) is 4.39. The lowest BCUT2D eigenvalue weighted by molar-refractivity contribution is -0.121. The standard InChI is InChI=1S/C9H16N2O3S/c10-9(12)8-2-1-5-11(8)15(13,14)6-7-3-4-7/h7-8H,1-6H2,(H2,10,12)/t8-/m1/s1. The monoisotopic (exact) mass is 232 g/mol. The summed E-state index contributed by atoms with van der Waals surface area (Å²) in [6.07, 6.45) is 3.29. The molecular weight excluding hydrogens is 216 g/mol. The molecule has 1 amide bonds. The third kappa shape index (κ3) is 2.31. The Morgan fingerprint density at radius 2 is 2.00 bits per heavy atom. The molecule has 1 aliphatic heterocycles. The summed E-state index contributed by atoms with van der Waals surface area (Å²) in [5, 5.41) is 0. The maximum atomic E-state index is 11.9. The number of rotatable bonds is 4. The first-order valence-electron chi connectivity index (χ1n) is 5.29. The summed E-state index contributed by atoms with van der Waals surface area (Å²) < 4.78 is 25.1. The first-order chi connectivity index (χ1) is 7.00. The van der Waals surface area contributed by atoms with Gasteiger partial charge in [0, 0.05) is 6.54 Å². The quantitative estimate of drug-likeness (QED) is 0.721. The zero-order valence-electron chi connectivity index (χ0n) is 8.55. The van der Waals surface area contributed by atoms with E-state index in [0.29, 0.717) is 18.9 Å². The molecule has 6 heteroatoms. The molecule has 0 aromatic rings. The normalized spacial score (nSPS) is 28.1. The van der Waals surface area contributed by atoms with Gasteiger partial charge in [-0.25, -0.2) is 8.42 Å². The molecule has 1 heterocycles. The number of carbonyl (C=O) groups is 1. The van der Waals surface area contributed by atoms with Crippen LogP contribution >= 0.6 is 0 Å². The van der Waals surface area contributed by atoms with Gasteiger partial charge in [0.2, 0.25) is 15.9 Å². The van der Waals surface area contributed by atoms with Crippen molar-refractivity contribution < 1.29 is 13.2 Å². The number of hydrogen-bond acceptors (Lipinski definition) is 3. The summed E-state index contributed by atoms with van der Waals surface area (Å²) in [5.74, 6) is -0.0208. The van der Waals surface area contributed by atoms with Crippen molar-refractivity contribution in [3.8, 4) is 0 Å². The highest BCUT2D eigenvalue weighted by Crippen LogP contribution is 2.32. The second-order valence-corrected chi connectivity index (χ2v) is 6.36. The van der Waals surface area contributed by atoms with Crippen molar-refractivity contribution in [2.24, 2.45) is 11.7 Å². The summed E-state index contributed by atoms with van der Waals surface area (Å²) in [7, 11) is -3.26. The van der Waals surface area contributed by atoms with E-state index in [9.17, 15) is 13.2 Å². The Kier molecular flexibility index (Phi) is 2.72. The molecule has 1 saturated carbocycles. The van der Waals surface area contributed by atoms with E-state index in [1.54, 1.807) is 0 Å². The van der Waals surface area contributed by atoms with Crippen molar-refractivity contribution in [3.63, 3.8) is 0 Å². The summed E-state index contributed by atoms with van der Waals surface area (Å²) in [6.45, 7) is 0.447. The second kappa shape index (κ2) is 3.75. The molecule has 0 aromatic heterocycles. The lowest BCUT2D eigenvalue weighted by Gasteiger charge is -2.21. The van der Waals surface area contributed by atoms with Crippen LogP contribution in [0.2, 0.25) is 0 Å². The van der Waals surface area contributed by atoms with Crippen molar-refractivity contribution in [2.75, 3.05) is 12.3 Å². The van der Waals surface area contributed by atoms with Crippen LogP contribution in [-0.2, 0) is 14.8 Å². The highest BCUT2D eigenvalue weighted by Gasteiger charge is 2.40. The number of sulfonamides is 1. The zero-order chi connectivity index (χ0) is 11.1. The molecule has 0 unspecified atom stereocenters. The van der Waals surface area contributed by atoms with Gasteiger partial charge in [0.15, 0.2) is 0 Å². The van der Waals surface area contributed by atoms with Crippen LogP contribution in [0, 0.1) is 5.92 Å². The molecule has 0 radical (unpaired) electrons. The van der Waals surface area contributed by atoms with E-state index in [-0.39, 0.29) is 5.75 Å². The molecule has 2 rings (SSSR count). The minimum atomic E-state index is -3.26. The Labute approximate surface area is 89.7 Å². The van der Waals surface area contributed by atoms with E-state index in [4.69, 9.17) is 5.73 Å². The summed E-state index contributed by atoms with van der Waals surface area (Å²) in [4.78, 5) is 11.1. The largest absolute Gasteiger partial charge is 0.368 e. The van der Waals surface area contributed by atoms with Gasteiger partial charge in [-0.2, -0.15) is 4.31 Å². The minimum Gasteiger partial charge on any atom is -0.368 e. The Hall–Kier alpha value is -0.620. The van der Waals surface area contributed by atoms with Crippen molar-refractivity contribution in [1.82, 2.24) is 4.31 Å². The molecule has 0 aromatic carbocycles. The average Bonchev–Trinajstić information content (AvgIpc) is 2.80. The Bertz CT molecular complexity index is 362. The van der Waals surface area contributed by atoms with Crippen LogP contribution in [0.1, 0.15) is 25.7 Å². The molecule has 86 valence electrons. The van der Waals surface area contributed by atoms with Gasteiger partial charge in [0.1, 0.15) is 6.04 Å². The number of primary amides is 1. The number of carbonyl (C=O) groups excluding carboxylic acids is 1. The molecule has 2 aliphatic rings. The van der Waals surface area contributed by atoms with E-state index < -0.39 is 22.0 Å². The summed E-state index contributed by atoms with van der Waals surface area (Å²) in [6, 6.07) is -0.603. The molecule has 15 heavy (non-hydrogen) atoms. The van der Waals surface area contributed by atoms with Crippen LogP contribution in [-0.4, -0.2) is 37.0 Å². The Morgan fingerprint density at radius 3 is 2.53 bits per heavy atom. The zero-order valence-corrected chi connectivity index (χ0v) is 9.37. The number of nitrogens with zero attached hydrogens (tertiary/aromatic N) is 1. The molecule has 1 atom stereocenters. The van der Waals surface area contributed by atoms with E-state index in [1.165, 1.54) is 4.31 Å². The predicted molar refractivity (Wildman–Crippen MR) is 55.4 cm³/mol. The fourth-order valence-electron chi connectivity index (χ4n) is 2.04. The van der Waals surface area contributed by atoms with E-state index in [1.807, 2.05) is 0 Å². The minimum absolute atomic E-state index is 0.191. The Balaban J connectivity index is 2.10. The van der Waals surface area contributed by atoms with Gasteiger partial charge in [-0.1, -0.05) is 0 Å². The van der Waals surface area contributed by atoms with Crippen LogP contribution in [0.3, 0.4) is 0 Å². The third-order valence-corrected chi connectivity index (χ3v) is 5.08. The SMILES string of the molecule is NC(=O)[C@H]1CCCN1S(=O)(=O)CC1CC1. The first-order valence-corrected chi connectivity index (χ1v) is 6.90. The van der Waals surface area contributed by atoms with Crippen LogP contribution in [0.4, 0.5) is 0 Å². The fourth-order valence-corrected chi connectivity index (χ4v) is 4.16. The highest BCUT2D eigenvalue weighted by atomic mass is 32.2. The lowest BCUT2D eigenvalue weighted by Crippen LogP contribution is -2.44. The van der Waals surface area contributed by atoms with Crippen molar-refractivity contribution in [2.45, 2.75) is 31.7 Å². The molecule has 2 fully saturated rings.